The molecule has 0 aliphatic heterocycles. The van der Waals surface area contributed by atoms with Crippen LogP contribution in [-0.2, 0) is 6.42 Å². The molecule has 0 saturated carbocycles. The molecule has 0 aliphatic carbocycles. The molecule has 2 aromatic rings. The Balaban J connectivity index is 1.88. The van der Waals surface area contributed by atoms with Crippen molar-refractivity contribution >= 4 is 6.08 Å². The third-order valence-corrected chi connectivity index (χ3v) is 3.87. The molecule has 0 aliphatic rings. The smallest absolute Gasteiger partial charge is 0.127 e. The quantitative estimate of drug-likeness (QED) is 0.452. The topological polar surface area (TPSA) is 9.23 Å². The SMILES string of the molecule is CCCC=Cc1ccc(Oc2ccc(CCCCC)cc2)cc1. The van der Waals surface area contributed by atoms with Gasteiger partial charge in [-0.2, -0.15) is 0 Å². The van der Waals surface area contributed by atoms with E-state index in [1.165, 1.54) is 36.8 Å². The summed E-state index contributed by atoms with van der Waals surface area (Å²) in [5.74, 6) is 1.79. The lowest BCUT2D eigenvalue weighted by molar-refractivity contribution is 0.482. The second-order valence-corrected chi connectivity index (χ2v) is 5.96. The first-order chi connectivity index (χ1) is 11.3. The maximum atomic E-state index is 5.92. The highest BCUT2D eigenvalue weighted by Gasteiger charge is 1.99. The highest BCUT2D eigenvalue weighted by molar-refractivity contribution is 5.50. The first-order valence-corrected chi connectivity index (χ1v) is 8.85. The molecule has 0 amide bonds. The van der Waals surface area contributed by atoms with Gasteiger partial charge in [-0.25, -0.2) is 0 Å². The van der Waals surface area contributed by atoms with Gasteiger partial charge in [-0.3, -0.25) is 0 Å². The number of hydrogen-bond acceptors (Lipinski definition) is 1. The summed E-state index contributed by atoms with van der Waals surface area (Å²) in [5, 5.41) is 0. The summed E-state index contributed by atoms with van der Waals surface area (Å²) < 4.78 is 5.92. The Morgan fingerprint density at radius 3 is 2.04 bits per heavy atom. The lowest BCUT2D eigenvalue weighted by Gasteiger charge is -2.07. The number of benzene rings is 2. The monoisotopic (exact) mass is 308 g/mol. The van der Waals surface area contributed by atoms with Crippen LogP contribution in [0.3, 0.4) is 0 Å². The first kappa shape index (κ1) is 17.3. The molecule has 0 atom stereocenters. The van der Waals surface area contributed by atoms with E-state index in [4.69, 9.17) is 4.74 Å². The summed E-state index contributed by atoms with van der Waals surface area (Å²) in [7, 11) is 0. The van der Waals surface area contributed by atoms with Crippen LogP contribution in [0.4, 0.5) is 0 Å². The van der Waals surface area contributed by atoms with Crippen LogP contribution in [0.5, 0.6) is 11.5 Å². The van der Waals surface area contributed by atoms with Gasteiger partial charge in [0, 0.05) is 0 Å². The van der Waals surface area contributed by atoms with E-state index in [-0.39, 0.29) is 0 Å². The molecule has 0 unspecified atom stereocenters. The molecule has 1 heteroatoms. The minimum Gasteiger partial charge on any atom is -0.457 e. The van der Waals surface area contributed by atoms with Crippen LogP contribution in [-0.4, -0.2) is 0 Å². The van der Waals surface area contributed by atoms with Gasteiger partial charge in [0.2, 0.25) is 0 Å². The summed E-state index contributed by atoms with van der Waals surface area (Å²) in [4.78, 5) is 0. The van der Waals surface area contributed by atoms with Crippen molar-refractivity contribution in [3.05, 3.63) is 65.7 Å². The number of allylic oxidation sites excluding steroid dienone is 1. The van der Waals surface area contributed by atoms with Gasteiger partial charge in [0.25, 0.3) is 0 Å². The van der Waals surface area contributed by atoms with E-state index in [9.17, 15) is 0 Å². The van der Waals surface area contributed by atoms with Crippen LogP contribution in [0.25, 0.3) is 6.08 Å². The second kappa shape index (κ2) is 9.89. The highest BCUT2D eigenvalue weighted by atomic mass is 16.5. The van der Waals surface area contributed by atoms with E-state index >= 15 is 0 Å². The third-order valence-electron chi connectivity index (χ3n) is 3.87. The van der Waals surface area contributed by atoms with Crippen LogP contribution in [0.15, 0.2) is 54.6 Å². The highest BCUT2D eigenvalue weighted by Crippen LogP contribution is 2.23. The van der Waals surface area contributed by atoms with E-state index < -0.39 is 0 Å². The van der Waals surface area contributed by atoms with Crippen molar-refractivity contribution < 1.29 is 4.74 Å². The normalized spacial score (nSPS) is 11.0. The van der Waals surface area contributed by atoms with Crippen LogP contribution in [0.1, 0.15) is 57.1 Å². The molecular formula is C22H28O. The summed E-state index contributed by atoms with van der Waals surface area (Å²) in [6.45, 7) is 4.43. The molecule has 0 saturated heterocycles. The van der Waals surface area contributed by atoms with E-state index in [2.05, 4.69) is 62.4 Å². The number of unbranched alkanes of at least 4 members (excludes halogenated alkanes) is 3. The zero-order valence-corrected chi connectivity index (χ0v) is 14.4. The number of rotatable bonds is 9. The van der Waals surface area contributed by atoms with Crippen molar-refractivity contribution in [1.29, 1.82) is 0 Å². The standard InChI is InChI=1S/C22H28O/c1-3-5-7-9-19-11-15-21(16-12-19)23-22-17-13-20(14-18-22)10-8-6-4-2/h7,9,11-18H,3-6,8,10H2,1-2H3. The molecular weight excluding hydrogens is 280 g/mol. The Morgan fingerprint density at radius 1 is 0.783 bits per heavy atom. The lowest BCUT2D eigenvalue weighted by atomic mass is 10.1. The third kappa shape index (κ3) is 6.32. The van der Waals surface area contributed by atoms with Gasteiger partial charge >= 0.3 is 0 Å². The molecule has 1 nitrogen and oxygen atoms in total. The lowest BCUT2D eigenvalue weighted by Crippen LogP contribution is -1.87. The molecule has 0 bridgehead atoms. The summed E-state index contributed by atoms with van der Waals surface area (Å²) in [6, 6.07) is 16.7. The minimum atomic E-state index is 0.886. The summed E-state index contributed by atoms with van der Waals surface area (Å²) in [5.41, 5.74) is 2.61. The Morgan fingerprint density at radius 2 is 1.43 bits per heavy atom. The molecule has 23 heavy (non-hydrogen) atoms. The molecule has 2 rings (SSSR count). The van der Waals surface area contributed by atoms with Crippen LogP contribution in [0.2, 0.25) is 0 Å². The predicted octanol–water partition coefficient (Wildman–Crippen LogP) is 7.02. The van der Waals surface area contributed by atoms with Crippen molar-refractivity contribution in [2.24, 2.45) is 0 Å². The van der Waals surface area contributed by atoms with E-state index in [0.29, 0.717) is 0 Å². The average molecular weight is 308 g/mol. The van der Waals surface area contributed by atoms with Gasteiger partial charge < -0.3 is 4.74 Å². The van der Waals surface area contributed by atoms with E-state index in [0.717, 1.165) is 24.3 Å². The first-order valence-electron chi connectivity index (χ1n) is 8.85. The van der Waals surface area contributed by atoms with Crippen molar-refractivity contribution in [1.82, 2.24) is 0 Å². The van der Waals surface area contributed by atoms with Crippen molar-refractivity contribution in [2.75, 3.05) is 0 Å². The zero-order valence-electron chi connectivity index (χ0n) is 14.4. The van der Waals surface area contributed by atoms with Crippen LogP contribution >= 0.6 is 0 Å². The summed E-state index contributed by atoms with van der Waals surface area (Å²) in [6.07, 6.45) is 11.7. The molecule has 0 N–H and O–H groups in total. The van der Waals surface area contributed by atoms with Crippen molar-refractivity contribution in [3.63, 3.8) is 0 Å². The second-order valence-electron chi connectivity index (χ2n) is 5.96. The van der Waals surface area contributed by atoms with Gasteiger partial charge in [-0.1, -0.05) is 69.5 Å². The minimum absolute atomic E-state index is 0.886. The zero-order chi connectivity index (χ0) is 16.3. The maximum Gasteiger partial charge on any atom is 0.127 e. The molecule has 2 aromatic carbocycles. The van der Waals surface area contributed by atoms with Gasteiger partial charge in [-0.15, -0.1) is 0 Å². The largest absolute Gasteiger partial charge is 0.457 e. The van der Waals surface area contributed by atoms with Crippen LogP contribution in [0, 0.1) is 0 Å². The van der Waals surface area contributed by atoms with Crippen molar-refractivity contribution in [2.45, 2.75) is 52.4 Å². The van der Waals surface area contributed by atoms with Gasteiger partial charge in [0.05, 0.1) is 0 Å². The molecule has 0 radical (unpaired) electrons. The molecule has 0 spiro atoms. The summed E-state index contributed by atoms with van der Waals surface area (Å²) >= 11 is 0. The Bertz CT molecular complexity index is 578. The Kier molecular flexibility index (Phi) is 7.45. The predicted molar refractivity (Wildman–Crippen MR) is 100 cm³/mol. The number of hydrogen-bond donors (Lipinski definition) is 0. The average Bonchev–Trinajstić information content (AvgIpc) is 2.58. The number of ether oxygens (including phenoxy) is 1. The Labute approximate surface area is 141 Å². The fourth-order valence-corrected chi connectivity index (χ4v) is 2.47. The van der Waals surface area contributed by atoms with E-state index in [1.54, 1.807) is 0 Å². The van der Waals surface area contributed by atoms with Gasteiger partial charge in [-0.05, 0) is 54.7 Å². The van der Waals surface area contributed by atoms with Crippen LogP contribution < -0.4 is 4.74 Å². The van der Waals surface area contributed by atoms with Gasteiger partial charge in [0.15, 0.2) is 0 Å². The molecule has 0 aromatic heterocycles. The maximum absolute atomic E-state index is 5.92. The molecule has 122 valence electrons. The van der Waals surface area contributed by atoms with Crippen molar-refractivity contribution in [3.8, 4) is 11.5 Å². The van der Waals surface area contributed by atoms with Gasteiger partial charge in [0.1, 0.15) is 11.5 Å². The Hall–Kier alpha value is -2.02. The number of aryl methyl sites for hydroxylation is 1. The fraction of sp³-hybridized carbons (Fsp3) is 0.364. The van der Waals surface area contributed by atoms with E-state index in [1.807, 2.05) is 12.1 Å². The molecule has 0 fully saturated rings. The fourth-order valence-electron chi connectivity index (χ4n) is 2.47. The molecule has 0 heterocycles.